The van der Waals surface area contributed by atoms with Crippen molar-refractivity contribution in [1.29, 1.82) is 5.26 Å². The van der Waals surface area contributed by atoms with Crippen LogP contribution in [-0.4, -0.2) is 42.6 Å². The van der Waals surface area contributed by atoms with Crippen LogP contribution in [0.5, 0.6) is 0 Å². The van der Waals surface area contributed by atoms with Gasteiger partial charge in [0.05, 0.1) is 5.56 Å². The third-order valence-corrected chi connectivity index (χ3v) is 3.21. The molecule has 94 valence electrons. The Hall–Kier alpha value is -1.57. The van der Waals surface area contributed by atoms with Crippen LogP contribution < -0.4 is 4.90 Å². The van der Waals surface area contributed by atoms with Gasteiger partial charge in [-0.05, 0) is 12.1 Å². The summed E-state index contributed by atoms with van der Waals surface area (Å²) < 4.78 is 0. The number of hydrogen-bond acceptors (Lipinski definition) is 4. The van der Waals surface area contributed by atoms with Crippen LogP contribution in [0.1, 0.15) is 5.56 Å². The van der Waals surface area contributed by atoms with E-state index in [9.17, 15) is 0 Å². The number of anilines is 1. The van der Waals surface area contributed by atoms with Gasteiger partial charge in [0.2, 0.25) is 0 Å². The molecule has 0 bridgehead atoms. The zero-order valence-electron chi connectivity index (χ0n) is 10.1. The summed E-state index contributed by atoms with van der Waals surface area (Å²) in [6, 6.07) is 5.80. The van der Waals surface area contributed by atoms with Crippen molar-refractivity contribution in [2.24, 2.45) is 0 Å². The van der Waals surface area contributed by atoms with E-state index >= 15 is 0 Å². The maximum atomic E-state index is 9.07. The average Bonchev–Trinajstić information content (AvgIpc) is 2.45. The zero-order valence-corrected chi connectivity index (χ0v) is 10.8. The van der Waals surface area contributed by atoms with E-state index in [0.29, 0.717) is 5.56 Å². The molecule has 1 saturated heterocycles. The lowest BCUT2D eigenvalue weighted by atomic mass is 10.2. The van der Waals surface area contributed by atoms with Crippen molar-refractivity contribution in [3.63, 3.8) is 0 Å². The summed E-state index contributed by atoms with van der Waals surface area (Å²) in [7, 11) is 0. The van der Waals surface area contributed by atoms with Gasteiger partial charge in [0.15, 0.2) is 0 Å². The fourth-order valence-corrected chi connectivity index (χ4v) is 2.15. The van der Waals surface area contributed by atoms with Crippen molar-refractivity contribution in [3.8, 4) is 6.07 Å². The zero-order chi connectivity index (χ0) is 12.8. The molecular weight excluding hydrogens is 248 g/mol. The molecule has 2 heterocycles. The van der Waals surface area contributed by atoms with E-state index < -0.39 is 0 Å². The molecule has 1 aromatic rings. The first-order valence-corrected chi connectivity index (χ1v) is 6.36. The maximum absolute atomic E-state index is 9.07. The molecule has 0 aromatic carbocycles. The monoisotopic (exact) mass is 262 g/mol. The topological polar surface area (TPSA) is 43.2 Å². The van der Waals surface area contributed by atoms with Crippen molar-refractivity contribution < 1.29 is 0 Å². The normalized spacial score (nSPS) is 17.0. The third-order valence-electron chi connectivity index (χ3n) is 3.03. The number of nitrogens with zero attached hydrogens (tertiary/aromatic N) is 4. The number of pyridine rings is 1. The molecule has 0 amide bonds. The summed E-state index contributed by atoms with van der Waals surface area (Å²) in [5.74, 6) is 0.799. The van der Waals surface area contributed by atoms with Crippen LogP contribution in [-0.2, 0) is 0 Å². The number of rotatable bonds is 3. The van der Waals surface area contributed by atoms with Gasteiger partial charge in [0.25, 0.3) is 0 Å². The number of piperazine rings is 1. The van der Waals surface area contributed by atoms with Crippen molar-refractivity contribution >= 4 is 17.4 Å². The van der Waals surface area contributed by atoms with Crippen LogP contribution in [0.2, 0.25) is 0 Å². The van der Waals surface area contributed by atoms with E-state index in [-0.39, 0.29) is 0 Å². The van der Waals surface area contributed by atoms with Gasteiger partial charge in [0.1, 0.15) is 11.9 Å². The number of aromatic nitrogens is 1. The molecule has 5 heteroatoms. The first-order chi connectivity index (χ1) is 8.85. The molecule has 0 radical (unpaired) electrons. The summed E-state index contributed by atoms with van der Waals surface area (Å²) in [5.41, 5.74) is 2.20. The van der Waals surface area contributed by atoms with Gasteiger partial charge in [-0.15, -0.1) is 0 Å². The summed E-state index contributed by atoms with van der Waals surface area (Å²) >= 11 is 5.52. The second-order valence-electron chi connectivity index (χ2n) is 4.14. The van der Waals surface area contributed by atoms with E-state index in [1.54, 1.807) is 17.8 Å². The van der Waals surface area contributed by atoms with Gasteiger partial charge in [-0.3, -0.25) is 4.90 Å². The molecule has 0 N–H and O–H groups in total. The Morgan fingerprint density at radius 3 is 2.83 bits per heavy atom. The van der Waals surface area contributed by atoms with Crippen LogP contribution in [0.4, 0.5) is 5.82 Å². The number of hydrogen-bond donors (Lipinski definition) is 0. The first kappa shape index (κ1) is 12.9. The molecule has 0 saturated carbocycles. The highest BCUT2D eigenvalue weighted by atomic mass is 35.5. The average molecular weight is 263 g/mol. The first-order valence-electron chi connectivity index (χ1n) is 5.93. The standard InChI is InChI=1S/C13H15ClN4/c14-4-2-6-17-7-9-18(10-8-17)13-12(11-15)3-1-5-16-13/h1-5H,6-10H2/b4-2+. The van der Waals surface area contributed by atoms with Crippen LogP contribution >= 0.6 is 11.6 Å². The molecule has 1 aromatic heterocycles. The van der Waals surface area contributed by atoms with E-state index in [4.69, 9.17) is 16.9 Å². The minimum Gasteiger partial charge on any atom is -0.353 e. The molecule has 2 rings (SSSR count). The minimum absolute atomic E-state index is 0.645. The smallest absolute Gasteiger partial charge is 0.146 e. The highest BCUT2D eigenvalue weighted by molar-refractivity contribution is 6.25. The summed E-state index contributed by atoms with van der Waals surface area (Å²) in [6.45, 7) is 4.58. The van der Waals surface area contributed by atoms with Gasteiger partial charge in [-0.25, -0.2) is 4.98 Å². The highest BCUT2D eigenvalue weighted by Crippen LogP contribution is 2.17. The van der Waals surface area contributed by atoms with E-state index in [0.717, 1.165) is 38.5 Å². The third kappa shape index (κ3) is 3.00. The highest BCUT2D eigenvalue weighted by Gasteiger charge is 2.19. The maximum Gasteiger partial charge on any atom is 0.146 e. The fraction of sp³-hybridized carbons (Fsp3) is 0.385. The molecule has 0 unspecified atom stereocenters. The Kier molecular flexibility index (Phi) is 4.57. The van der Waals surface area contributed by atoms with E-state index in [1.165, 1.54) is 0 Å². The molecule has 0 spiro atoms. The summed E-state index contributed by atoms with van der Waals surface area (Å²) in [6.07, 6.45) is 3.68. The van der Waals surface area contributed by atoms with Gasteiger partial charge in [0, 0.05) is 44.5 Å². The second kappa shape index (κ2) is 6.39. The molecule has 4 nitrogen and oxygen atoms in total. The second-order valence-corrected chi connectivity index (χ2v) is 4.39. The van der Waals surface area contributed by atoms with Crippen LogP contribution in [0.15, 0.2) is 29.9 Å². The molecule has 0 atom stereocenters. The van der Waals surface area contributed by atoms with Crippen molar-refractivity contribution in [1.82, 2.24) is 9.88 Å². The van der Waals surface area contributed by atoms with Gasteiger partial charge in [-0.1, -0.05) is 17.7 Å². The lowest BCUT2D eigenvalue weighted by Crippen LogP contribution is -2.46. The molecular formula is C13H15ClN4. The van der Waals surface area contributed by atoms with Crippen LogP contribution in [0.25, 0.3) is 0 Å². The Bertz CT molecular complexity index is 458. The summed E-state index contributed by atoms with van der Waals surface area (Å²) in [4.78, 5) is 8.80. The predicted molar refractivity (Wildman–Crippen MR) is 72.6 cm³/mol. The molecule has 1 fully saturated rings. The minimum atomic E-state index is 0.645. The lowest BCUT2D eigenvalue weighted by molar-refractivity contribution is 0.283. The fourth-order valence-electron chi connectivity index (χ4n) is 2.07. The lowest BCUT2D eigenvalue weighted by Gasteiger charge is -2.35. The predicted octanol–water partition coefficient (Wildman–Crippen LogP) is 1.83. The number of nitriles is 1. The Labute approximate surface area is 112 Å². The van der Waals surface area contributed by atoms with E-state index in [1.807, 2.05) is 12.1 Å². The SMILES string of the molecule is N#Cc1cccnc1N1CCN(C/C=C/Cl)CC1. The summed E-state index contributed by atoms with van der Waals surface area (Å²) in [5, 5.41) is 9.07. The van der Waals surface area contributed by atoms with Crippen molar-refractivity contribution in [3.05, 3.63) is 35.5 Å². The van der Waals surface area contributed by atoms with Gasteiger partial charge >= 0.3 is 0 Å². The Balaban J connectivity index is 1.99. The molecule has 18 heavy (non-hydrogen) atoms. The number of halogens is 1. The van der Waals surface area contributed by atoms with Gasteiger partial charge < -0.3 is 4.90 Å². The molecule has 1 aliphatic heterocycles. The Morgan fingerprint density at radius 1 is 1.39 bits per heavy atom. The van der Waals surface area contributed by atoms with Crippen LogP contribution in [0, 0.1) is 11.3 Å². The van der Waals surface area contributed by atoms with E-state index in [2.05, 4.69) is 20.9 Å². The van der Waals surface area contributed by atoms with Gasteiger partial charge in [-0.2, -0.15) is 5.26 Å². The Morgan fingerprint density at radius 2 is 2.17 bits per heavy atom. The molecule has 1 aliphatic rings. The quantitative estimate of drug-likeness (QED) is 0.834. The largest absolute Gasteiger partial charge is 0.353 e. The molecule has 0 aliphatic carbocycles. The van der Waals surface area contributed by atoms with Crippen LogP contribution in [0.3, 0.4) is 0 Å². The van der Waals surface area contributed by atoms with Crippen molar-refractivity contribution in [2.75, 3.05) is 37.6 Å². The van der Waals surface area contributed by atoms with Crippen molar-refractivity contribution in [2.45, 2.75) is 0 Å².